The fourth-order valence-electron chi connectivity index (χ4n) is 1.66. The van der Waals surface area contributed by atoms with Gasteiger partial charge in [-0.25, -0.2) is 0 Å². The van der Waals surface area contributed by atoms with Crippen LogP contribution in [0, 0.1) is 0 Å². The molecule has 0 heterocycles. The molecule has 0 aliphatic carbocycles. The summed E-state index contributed by atoms with van der Waals surface area (Å²) in [5, 5.41) is 9.01. The van der Waals surface area contributed by atoms with Crippen molar-refractivity contribution in [3.05, 3.63) is 35.4 Å². The molecule has 0 radical (unpaired) electrons. The van der Waals surface area contributed by atoms with E-state index < -0.39 is 0 Å². The average molecular weight is 268 g/mol. The van der Waals surface area contributed by atoms with Crippen molar-refractivity contribution < 1.29 is 9.84 Å². The molecular weight excluding hydrogens is 248 g/mol. The van der Waals surface area contributed by atoms with E-state index in [0.29, 0.717) is 18.1 Å². The van der Waals surface area contributed by atoms with Crippen LogP contribution in [0.15, 0.2) is 24.3 Å². The van der Waals surface area contributed by atoms with Crippen LogP contribution in [0.4, 0.5) is 0 Å². The number of aliphatic hydroxyl groups is 1. The molecule has 4 nitrogen and oxygen atoms in total. The van der Waals surface area contributed by atoms with Gasteiger partial charge in [-0.2, -0.15) is 0 Å². The third kappa shape index (κ3) is 5.10. The van der Waals surface area contributed by atoms with E-state index in [9.17, 15) is 0 Å². The summed E-state index contributed by atoms with van der Waals surface area (Å²) in [5.41, 5.74) is 7.59. The number of thiocarbonyl (C=S) groups is 1. The van der Waals surface area contributed by atoms with Crippen LogP contribution >= 0.6 is 12.2 Å². The van der Waals surface area contributed by atoms with Gasteiger partial charge in [0.2, 0.25) is 0 Å². The van der Waals surface area contributed by atoms with Gasteiger partial charge in [0.25, 0.3) is 0 Å². The molecule has 1 rings (SSSR count). The number of nitrogens with zero attached hydrogens (tertiary/aromatic N) is 1. The lowest BCUT2D eigenvalue weighted by Crippen LogP contribution is -2.29. The summed E-state index contributed by atoms with van der Waals surface area (Å²) in [7, 11) is 1.67. The highest BCUT2D eigenvalue weighted by atomic mass is 32.1. The van der Waals surface area contributed by atoms with Gasteiger partial charge in [-0.1, -0.05) is 36.5 Å². The van der Waals surface area contributed by atoms with Gasteiger partial charge in [0.1, 0.15) is 4.99 Å². The van der Waals surface area contributed by atoms with E-state index in [1.54, 1.807) is 7.11 Å². The van der Waals surface area contributed by atoms with Crippen LogP contribution < -0.4 is 5.73 Å². The molecule has 0 aliphatic heterocycles. The SMILES string of the molecule is COCCN(CCO)Cc1ccc(C(N)=S)cc1. The Bertz CT molecular complexity index is 368. The number of hydrogen-bond acceptors (Lipinski definition) is 4. The highest BCUT2D eigenvalue weighted by Crippen LogP contribution is 2.07. The average Bonchev–Trinajstić information content (AvgIpc) is 2.37. The number of nitrogens with two attached hydrogens (primary N) is 1. The lowest BCUT2D eigenvalue weighted by atomic mass is 10.1. The van der Waals surface area contributed by atoms with Gasteiger partial charge in [0.05, 0.1) is 13.2 Å². The van der Waals surface area contributed by atoms with Crippen molar-refractivity contribution >= 4 is 17.2 Å². The first-order valence-corrected chi connectivity index (χ1v) is 6.29. The number of hydrogen-bond donors (Lipinski definition) is 2. The Hall–Kier alpha value is -1.01. The molecule has 0 saturated carbocycles. The maximum absolute atomic E-state index is 9.01. The quantitative estimate of drug-likeness (QED) is 0.682. The van der Waals surface area contributed by atoms with Crippen molar-refractivity contribution in [2.24, 2.45) is 5.73 Å². The number of ether oxygens (including phenoxy) is 1. The first-order chi connectivity index (χ1) is 8.67. The molecule has 0 fully saturated rings. The van der Waals surface area contributed by atoms with Gasteiger partial charge >= 0.3 is 0 Å². The third-order valence-electron chi connectivity index (χ3n) is 2.67. The summed E-state index contributed by atoms with van der Waals surface area (Å²) in [5.74, 6) is 0. The summed E-state index contributed by atoms with van der Waals surface area (Å²) < 4.78 is 5.05. The fraction of sp³-hybridized carbons (Fsp3) is 0.462. The van der Waals surface area contributed by atoms with Crippen molar-refractivity contribution in [2.75, 3.05) is 33.4 Å². The predicted molar refractivity (Wildman–Crippen MR) is 76.6 cm³/mol. The third-order valence-corrected chi connectivity index (χ3v) is 2.91. The Morgan fingerprint density at radius 1 is 1.33 bits per heavy atom. The second-order valence-corrected chi connectivity index (χ2v) is 4.49. The monoisotopic (exact) mass is 268 g/mol. The first kappa shape index (κ1) is 15.0. The topological polar surface area (TPSA) is 58.7 Å². The molecule has 0 bridgehead atoms. The Morgan fingerprint density at radius 3 is 2.50 bits per heavy atom. The van der Waals surface area contributed by atoms with Crippen LogP contribution in [0.5, 0.6) is 0 Å². The summed E-state index contributed by atoms with van der Waals surface area (Å²) in [6, 6.07) is 7.85. The van der Waals surface area contributed by atoms with E-state index in [2.05, 4.69) is 4.90 Å². The molecule has 0 amide bonds. The molecule has 0 atom stereocenters. The van der Waals surface area contributed by atoms with Gasteiger partial charge in [0, 0.05) is 32.3 Å². The van der Waals surface area contributed by atoms with Crippen LogP contribution in [0.25, 0.3) is 0 Å². The normalized spacial score (nSPS) is 10.8. The minimum absolute atomic E-state index is 0.148. The van der Waals surface area contributed by atoms with Crippen LogP contribution in [0.3, 0.4) is 0 Å². The molecule has 3 N–H and O–H groups in total. The maximum Gasteiger partial charge on any atom is 0.103 e. The molecular formula is C13H20N2O2S. The zero-order valence-electron chi connectivity index (χ0n) is 10.6. The van der Waals surface area contributed by atoms with Gasteiger partial charge < -0.3 is 15.6 Å². The molecule has 1 aromatic carbocycles. The molecule has 18 heavy (non-hydrogen) atoms. The molecule has 1 aromatic rings. The summed E-state index contributed by atoms with van der Waals surface area (Å²) in [4.78, 5) is 2.55. The minimum Gasteiger partial charge on any atom is -0.395 e. The fourth-order valence-corrected chi connectivity index (χ4v) is 1.80. The van der Waals surface area contributed by atoms with E-state index in [0.717, 1.165) is 18.7 Å². The van der Waals surface area contributed by atoms with Gasteiger partial charge in [-0.3, -0.25) is 4.90 Å². The van der Waals surface area contributed by atoms with Crippen LogP contribution in [0.1, 0.15) is 11.1 Å². The van der Waals surface area contributed by atoms with E-state index in [-0.39, 0.29) is 6.61 Å². The van der Waals surface area contributed by atoms with E-state index in [4.69, 9.17) is 27.8 Å². The first-order valence-electron chi connectivity index (χ1n) is 5.88. The second kappa shape index (κ2) is 8.16. The van der Waals surface area contributed by atoms with Crippen molar-refractivity contribution in [3.63, 3.8) is 0 Å². The standard InChI is InChI=1S/C13H20N2O2S/c1-17-9-7-15(6-8-16)10-11-2-4-12(5-3-11)13(14)18/h2-5,16H,6-10H2,1H3,(H2,14,18). The number of benzene rings is 1. The Labute approximate surface area is 113 Å². The Kier molecular flexibility index (Phi) is 6.82. The van der Waals surface area contributed by atoms with Crippen LogP contribution in [-0.4, -0.2) is 48.4 Å². The molecule has 5 heteroatoms. The van der Waals surface area contributed by atoms with Crippen molar-refractivity contribution in [1.82, 2.24) is 4.90 Å². The lowest BCUT2D eigenvalue weighted by molar-refractivity contribution is 0.127. The Morgan fingerprint density at radius 2 is 2.00 bits per heavy atom. The molecule has 0 aliphatic rings. The van der Waals surface area contributed by atoms with Gasteiger partial charge in [-0.15, -0.1) is 0 Å². The van der Waals surface area contributed by atoms with E-state index >= 15 is 0 Å². The largest absolute Gasteiger partial charge is 0.395 e. The molecule has 0 aromatic heterocycles. The van der Waals surface area contributed by atoms with Crippen molar-refractivity contribution in [2.45, 2.75) is 6.54 Å². The lowest BCUT2D eigenvalue weighted by Gasteiger charge is -2.21. The number of rotatable bonds is 8. The van der Waals surface area contributed by atoms with Crippen molar-refractivity contribution in [3.8, 4) is 0 Å². The van der Waals surface area contributed by atoms with Gasteiger partial charge in [-0.05, 0) is 5.56 Å². The number of aliphatic hydroxyl groups excluding tert-OH is 1. The Balaban J connectivity index is 2.59. The zero-order valence-corrected chi connectivity index (χ0v) is 11.4. The van der Waals surface area contributed by atoms with Crippen molar-refractivity contribution in [1.29, 1.82) is 0 Å². The van der Waals surface area contributed by atoms with E-state index in [1.807, 2.05) is 24.3 Å². The molecule has 0 spiro atoms. The summed E-state index contributed by atoms with van der Waals surface area (Å²) >= 11 is 4.91. The maximum atomic E-state index is 9.01. The summed E-state index contributed by atoms with van der Waals surface area (Å²) in [6.45, 7) is 3.02. The molecule has 100 valence electrons. The number of methoxy groups -OCH3 is 1. The highest BCUT2D eigenvalue weighted by molar-refractivity contribution is 7.80. The van der Waals surface area contributed by atoms with Gasteiger partial charge in [0.15, 0.2) is 0 Å². The van der Waals surface area contributed by atoms with E-state index in [1.165, 1.54) is 5.56 Å². The van der Waals surface area contributed by atoms with Crippen LogP contribution in [-0.2, 0) is 11.3 Å². The smallest absolute Gasteiger partial charge is 0.103 e. The zero-order chi connectivity index (χ0) is 13.4. The molecule has 0 saturated heterocycles. The summed E-state index contributed by atoms with van der Waals surface area (Å²) in [6.07, 6.45) is 0. The highest BCUT2D eigenvalue weighted by Gasteiger charge is 2.05. The predicted octanol–water partition coefficient (Wildman–Crippen LogP) is 0.762. The second-order valence-electron chi connectivity index (χ2n) is 4.05. The minimum atomic E-state index is 0.148. The molecule has 0 unspecified atom stereocenters. The van der Waals surface area contributed by atoms with Crippen LogP contribution in [0.2, 0.25) is 0 Å².